The Morgan fingerprint density at radius 1 is 1.32 bits per heavy atom. The van der Waals surface area contributed by atoms with Crippen LogP contribution in [-0.2, 0) is 11.2 Å². The van der Waals surface area contributed by atoms with E-state index in [9.17, 15) is 4.79 Å². The molecule has 3 aliphatic rings. The van der Waals surface area contributed by atoms with Crippen molar-refractivity contribution < 1.29 is 4.79 Å². The molecule has 1 unspecified atom stereocenters. The Morgan fingerprint density at radius 3 is 3.11 bits per heavy atom. The maximum absolute atomic E-state index is 12.7. The number of likely N-dealkylation sites (tertiary alicyclic amines) is 1. The summed E-state index contributed by atoms with van der Waals surface area (Å²) in [6, 6.07) is 8.87. The summed E-state index contributed by atoms with van der Waals surface area (Å²) in [4.78, 5) is 16.2. The first-order chi connectivity index (χ1) is 9.33. The van der Waals surface area contributed by atoms with E-state index >= 15 is 0 Å². The third-order valence-electron chi connectivity index (χ3n) is 4.65. The van der Waals surface area contributed by atoms with Crippen LogP contribution in [0.25, 0.3) is 0 Å². The van der Waals surface area contributed by atoms with E-state index < -0.39 is 0 Å². The van der Waals surface area contributed by atoms with Gasteiger partial charge in [-0.3, -0.25) is 4.79 Å². The zero-order valence-electron chi connectivity index (χ0n) is 10.8. The van der Waals surface area contributed by atoms with Gasteiger partial charge in [0, 0.05) is 30.6 Å². The Balaban J connectivity index is 1.51. The largest absolute Gasteiger partial charge is 0.337 e. The second-order valence-electron chi connectivity index (χ2n) is 5.72. The van der Waals surface area contributed by atoms with Crippen LogP contribution in [0.5, 0.6) is 0 Å². The second kappa shape index (κ2) is 4.53. The number of thioether (sulfide) groups is 1. The number of nitrogens with one attached hydrogen (secondary N) is 1. The van der Waals surface area contributed by atoms with E-state index in [-0.39, 0.29) is 5.25 Å². The monoisotopic (exact) mass is 274 g/mol. The standard InChI is InChI=1S/C15H18N2OS/c18-15(17-6-5-11-8-16-9-12(11)17)14-7-10-3-1-2-4-13(10)19-14/h1-4,11-12,14,16H,5-9H2/t11-,12+,14?/m0/s1. The number of benzene rings is 1. The normalized spacial score (nSPS) is 32.4. The fourth-order valence-corrected chi connectivity index (χ4v) is 4.89. The molecule has 1 N–H and O–H groups in total. The number of amides is 1. The molecule has 0 spiro atoms. The molecular weight excluding hydrogens is 256 g/mol. The van der Waals surface area contributed by atoms with Crippen LogP contribution in [0.15, 0.2) is 29.2 Å². The number of fused-ring (bicyclic) bond motifs is 2. The molecule has 3 atom stereocenters. The molecule has 0 aromatic heterocycles. The summed E-state index contributed by atoms with van der Waals surface area (Å²) in [6.07, 6.45) is 2.08. The van der Waals surface area contributed by atoms with Gasteiger partial charge in [-0.05, 0) is 30.4 Å². The van der Waals surface area contributed by atoms with Gasteiger partial charge in [-0.25, -0.2) is 0 Å². The highest BCUT2D eigenvalue weighted by atomic mass is 32.2. The zero-order chi connectivity index (χ0) is 12.8. The van der Waals surface area contributed by atoms with Gasteiger partial charge < -0.3 is 10.2 Å². The molecule has 2 fully saturated rings. The van der Waals surface area contributed by atoms with Gasteiger partial charge in [0.25, 0.3) is 0 Å². The van der Waals surface area contributed by atoms with Crippen molar-refractivity contribution in [2.24, 2.45) is 5.92 Å². The molecule has 19 heavy (non-hydrogen) atoms. The molecule has 1 amide bonds. The van der Waals surface area contributed by atoms with Crippen molar-refractivity contribution >= 4 is 17.7 Å². The highest BCUT2D eigenvalue weighted by Gasteiger charge is 2.42. The summed E-state index contributed by atoms with van der Waals surface area (Å²) in [5, 5.41) is 3.52. The van der Waals surface area contributed by atoms with E-state index in [1.807, 2.05) is 0 Å². The second-order valence-corrected chi connectivity index (χ2v) is 6.97. The molecule has 3 heterocycles. The topological polar surface area (TPSA) is 32.3 Å². The minimum absolute atomic E-state index is 0.108. The van der Waals surface area contributed by atoms with Crippen molar-refractivity contribution in [3.05, 3.63) is 29.8 Å². The fraction of sp³-hybridized carbons (Fsp3) is 0.533. The lowest BCUT2D eigenvalue weighted by atomic mass is 10.0. The Hall–Kier alpha value is -1.00. The van der Waals surface area contributed by atoms with E-state index in [1.54, 1.807) is 11.8 Å². The lowest BCUT2D eigenvalue weighted by Gasteiger charge is -2.26. The van der Waals surface area contributed by atoms with E-state index in [1.165, 1.54) is 16.9 Å². The first-order valence-corrected chi connectivity index (χ1v) is 7.96. The molecule has 100 valence electrons. The molecule has 0 saturated carbocycles. The Morgan fingerprint density at radius 2 is 2.21 bits per heavy atom. The Kier molecular flexibility index (Phi) is 2.81. The van der Waals surface area contributed by atoms with Crippen molar-refractivity contribution in [2.75, 3.05) is 19.6 Å². The van der Waals surface area contributed by atoms with Gasteiger partial charge in [-0.2, -0.15) is 0 Å². The lowest BCUT2D eigenvalue weighted by Crippen LogP contribution is -2.43. The van der Waals surface area contributed by atoms with E-state index in [4.69, 9.17) is 0 Å². The Labute approximate surface area is 117 Å². The Bertz CT molecular complexity index is 494. The zero-order valence-corrected chi connectivity index (χ0v) is 11.7. The van der Waals surface area contributed by atoms with Crippen LogP contribution in [0.4, 0.5) is 0 Å². The molecule has 0 radical (unpaired) electrons. The van der Waals surface area contributed by atoms with Gasteiger partial charge >= 0.3 is 0 Å². The van der Waals surface area contributed by atoms with Crippen molar-refractivity contribution in [1.29, 1.82) is 0 Å². The van der Waals surface area contributed by atoms with Crippen molar-refractivity contribution in [3.63, 3.8) is 0 Å². The summed E-state index contributed by atoms with van der Waals surface area (Å²) in [7, 11) is 0. The first-order valence-electron chi connectivity index (χ1n) is 7.08. The van der Waals surface area contributed by atoms with Crippen molar-refractivity contribution in [3.8, 4) is 0 Å². The molecule has 1 aromatic rings. The minimum atomic E-state index is 0.108. The average molecular weight is 274 g/mol. The van der Waals surface area contributed by atoms with Gasteiger partial charge in [0.05, 0.1) is 5.25 Å². The SMILES string of the molecule is O=C(C1Cc2ccccc2S1)N1CC[C@H]2CNC[C@H]21. The highest BCUT2D eigenvalue weighted by molar-refractivity contribution is 8.01. The first kappa shape index (κ1) is 11.8. The fourth-order valence-electron chi connectivity index (χ4n) is 3.63. The van der Waals surface area contributed by atoms with Crippen LogP contribution in [0.2, 0.25) is 0 Å². The maximum atomic E-state index is 12.7. The van der Waals surface area contributed by atoms with Crippen LogP contribution in [0, 0.1) is 5.92 Å². The molecule has 0 bridgehead atoms. The van der Waals surface area contributed by atoms with Gasteiger partial charge in [-0.1, -0.05) is 18.2 Å². The predicted molar refractivity (Wildman–Crippen MR) is 76.3 cm³/mol. The molecule has 2 saturated heterocycles. The average Bonchev–Trinajstić information content (AvgIpc) is 3.12. The highest BCUT2D eigenvalue weighted by Crippen LogP contribution is 2.39. The van der Waals surface area contributed by atoms with E-state index in [0.29, 0.717) is 17.9 Å². The molecule has 3 aliphatic heterocycles. The predicted octanol–water partition coefficient (Wildman–Crippen LogP) is 1.52. The van der Waals surface area contributed by atoms with Gasteiger partial charge in [0.1, 0.15) is 0 Å². The molecular formula is C15H18N2OS. The molecule has 4 heteroatoms. The molecule has 1 aromatic carbocycles. The van der Waals surface area contributed by atoms with Crippen LogP contribution >= 0.6 is 11.8 Å². The number of nitrogens with zero attached hydrogens (tertiary/aromatic N) is 1. The van der Waals surface area contributed by atoms with E-state index in [2.05, 4.69) is 34.5 Å². The van der Waals surface area contributed by atoms with Gasteiger partial charge in [0.15, 0.2) is 0 Å². The van der Waals surface area contributed by atoms with Crippen LogP contribution in [-0.4, -0.2) is 41.7 Å². The third kappa shape index (κ3) is 1.89. The maximum Gasteiger partial charge on any atom is 0.236 e. The van der Waals surface area contributed by atoms with Crippen LogP contribution in [0.3, 0.4) is 0 Å². The van der Waals surface area contributed by atoms with Gasteiger partial charge in [-0.15, -0.1) is 11.8 Å². The number of carbonyl (C=O) groups excluding carboxylic acids is 1. The third-order valence-corrected chi connectivity index (χ3v) is 5.96. The summed E-state index contributed by atoms with van der Waals surface area (Å²) in [5.74, 6) is 1.05. The smallest absolute Gasteiger partial charge is 0.236 e. The van der Waals surface area contributed by atoms with E-state index in [0.717, 1.165) is 26.1 Å². The summed E-state index contributed by atoms with van der Waals surface area (Å²) >= 11 is 1.75. The van der Waals surface area contributed by atoms with Crippen molar-refractivity contribution in [1.82, 2.24) is 10.2 Å². The van der Waals surface area contributed by atoms with Gasteiger partial charge in [0.2, 0.25) is 5.91 Å². The summed E-state index contributed by atoms with van der Waals surface area (Å²) in [6.45, 7) is 3.04. The summed E-state index contributed by atoms with van der Waals surface area (Å²) < 4.78 is 0. The quantitative estimate of drug-likeness (QED) is 0.843. The molecule has 0 aliphatic carbocycles. The van der Waals surface area contributed by atoms with Crippen LogP contribution < -0.4 is 5.32 Å². The van der Waals surface area contributed by atoms with Crippen molar-refractivity contribution in [2.45, 2.75) is 29.0 Å². The molecule has 3 nitrogen and oxygen atoms in total. The van der Waals surface area contributed by atoms with Crippen LogP contribution in [0.1, 0.15) is 12.0 Å². The lowest BCUT2D eigenvalue weighted by molar-refractivity contribution is -0.131. The number of carbonyl (C=O) groups is 1. The number of hydrogen-bond donors (Lipinski definition) is 1. The number of hydrogen-bond acceptors (Lipinski definition) is 3. The minimum Gasteiger partial charge on any atom is -0.337 e. The summed E-state index contributed by atoms with van der Waals surface area (Å²) in [5.41, 5.74) is 1.34. The molecule has 4 rings (SSSR count). The number of rotatable bonds is 1.